The molecule has 3 N–H and O–H groups in total. The second-order valence-electron chi connectivity index (χ2n) is 4.01. The number of carbonyl (C=O) groups is 1. The van der Waals surface area contributed by atoms with Crippen molar-refractivity contribution in [3.8, 4) is 5.88 Å². The number of hydrogen-bond acceptors (Lipinski definition) is 5. The van der Waals surface area contributed by atoms with Gasteiger partial charge < -0.3 is 15.8 Å². The van der Waals surface area contributed by atoms with E-state index in [1.165, 1.54) is 0 Å². The van der Waals surface area contributed by atoms with Crippen LogP contribution < -0.4 is 15.8 Å². The minimum Gasteiger partial charge on any atom is -0.478 e. The smallest absolute Gasteiger partial charge is 0.237 e. The Labute approximate surface area is 118 Å². The Morgan fingerprint density at radius 3 is 3.11 bits per heavy atom. The van der Waals surface area contributed by atoms with E-state index in [9.17, 15) is 4.79 Å². The first kappa shape index (κ1) is 15.8. The number of pyridine rings is 1. The van der Waals surface area contributed by atoms with Crippen LogP contribution in [0, 0.1) is 0 Å². The Kier molecular flexibility index (Phi) is 7.28. The van der Waals surface area contributed by atoms with Crippen molar-refractivity contribution in [2.45, 2.75) is 25.9 Å². The Balaban J connectivity index is 2.49. The molecule has 1 aromatic rings. The normalized spacial score (nSPS) is 11.9. The molecule has 1 amide bonds. The van der Waals surface area contributed by atoms with Crippen LogP contribution in [-0.4, -0.2) is 35.5 Å². The van der Waals surface area contributed by atoms with Gasteiger partial charge in [0.1, 0.15) is 0 Å². The fraction of sp³-hybridized carbons (Fsp3) is 0.538. The van der Waals surface area contributed by atoms with E-state index in [0.29, 0.717) is 25.5 Å². The summed E-state index contributed by atoms with van der Waals surface area (Å²) in [6.45, 7) is 2.83. The van der Waals surface area contributed by atoms with Crippen LogP contribution in [0.4, 0.5) is 0 Å². The molecule has 0 aromatic carbocycles. The van der Waals surface area contributed by atoms with Crippen LogP contribution in [-0.2, 0) is 11.3 Å². The molecule has 0 fully saturated rings. The number of aromatic nitrogens is 1. The lowest BCUT2D eigenvalue weighted by Crippen LogP contribution is -2.40. The molecule has 1 aromatic heterocycles. The van der Waals surface area contributed by atoms with Gasteiger partial charge in [0.05, 0.1) is 12.6 Å². The van der Waals surface area contributed by atoms with Crippen molar-refractivity contribution in [3.05, 3.63) is 23.9 Å². The van der Waals surface area contributed by atoms with E-state index in [-0.39, 0.29) is 5.91 Å². The van der Waals surface area contributed by atoms with Gasteiger partial charge in [-0.25, -0.2) is 4.98 Å². The fourth-order valence-electron chi connectivity index (χ4n) is 1.51. The van der Waals surface area contributed by atoms with E-state index in [1.54, 1.807) is 18.0 Å². The maximum Gasteiger partial charge on any atom is 0.237 e. The van der Waals surface area contributed by atoms with Crippen molar-refractivity contribution in [2.24, 2.45) is 5.73 Å². The molecule has 0 spiro atoms. The molecule has 1 atom stereocenters. The lowest BCUT2D eigenvalue weighted by Gasteiger charge is -2.13. The average Bonchev–Trinajstić information content (AvgIpc) is 2.43. The highest BCUT2D eigenvalue weighted by Crippen LogP contribution is 2.13. The molecule has 5 nitrogen and oxygen atoms in total. The number of nitrogens with zero attached hydrogens (tertiary/aromatic N) is 1. The van der Waals surface area contributed by atoms with Crippen LogP contribution >= 0.6 is 11.8 Å². The predicted octanol–water partition coefficient (Wildman–Crippen LogP) is 1.18. The number of hydrogen-bond donors (Lipinski definition) is 2. The van der Waals surface area contributed by atoms with Gasteiger partial charge in [-0.3, -0.25) is 4.79 Å². The molecule has 0 aliphatic carbocycles. The van der Waals surface area contributed by atoms with Crippen LogP contribution in [0.25, 0.3) is 0 Å². The predicted molar refractivity (Wildman–Crippen MR) is 78.2 cm³/mol. The second-order valence-corrected chi connectivity index (χ2v) is 4.99. The largest absolute Gasteiger partial charge is 0.478 e. The third-order valence-electron chi connectivity index (χ3n) is 2.55. The topological polar surface area (TPSA) is 77.2 Å². The third kappa shape index (κ3) is 5.48. The number of amides is 1. The maximum atomic E-state index is 11.8. The molecule has 0 bridgehead atoms. The first-order valence-corrected chi connectivity index (χ1v) is 7.67. The number of nitrogens with one attached hydrogen (secondary N) is 1. The number of ether oxygens (including phenoxy) is 1. The van der Waals surface area contributed by atoms with Crippen LogP contribution in [0.1, 0.15) is 18.9 Å². The molecule has 1 unspecified atom stereocenters. The molecular formula is C13H21N3O2S. The van der Waals surface area contributed by atoms with E-state index in [4.69, 9.17) is 10.5 Å². The maximum absolute atomic E-state index is 11.8. The van der Waals surface area contributed by atoms with Crippen LogP contribution in [0.3, 0.4) is 0 Å². The highest BCUT2D eigenvalue weighted by molar-refractivity contribution is 7.98. The third-order valence-corrected chi connectivity index (χ3v) is 3.20. The molecule has 1 heterocycles. The Hall–Kier alpha value is -1.27. The van der Waals surface area contributed by atoms with Crippen molar-refractivity contribution in [2.75, 3.05) is 18.6 Å². The summed E-state index contributed by atoms with van der Waals surface area (Å²) in [4.78, 5) is 15.9. The quantitative estimate of drug-likeness (QED) is 0.749. The summed E-state index contributed by atoms with van der Waals surface area (Å²) in [7, 11) is 0. The van der Waals surface area contributed by atoms with E-state index < -0.39 is 6.04 Å². The number of rotatable bonds is 8. The average molecular weight is 283 g/mol. The standard InChI is InChI=1S/C13H21N3O2S/c1-3-18-13-10(5-4-7-15-13)9-16-12(17)11(14)6-8-19-2/h4-5,7,11H,3,6,8-9,14H2,1-2H3,(H,16,17). The zero-order valence-corrected chi connectivity index (χ0v) is 12.2. The molecular weight excluding hydrogens is 262 g/mol. The van der Waals surface area contributed by atoms with Crippen molar-refractivity contribution in [1.82, 2.24) is 10.3 Å². The number of carbonyl (C=O) groups excluding carboxylic acids is 1. The van der Waals surface area contributed by atoms with Gasteiger partial charge in [0, 0.05) is 18.3 Å². The Morgan fingerprint density at radius 1 is 1.63 bits per heavy atom. The van der Waals surface area contributed by atoms with E-state index >= 15 is 0 Å². The van der Waals surface area contributed by atoms with E-state index in [1.807, 2.05) is 25.3 Å². The minimum absolute atomic E-state index is 0.139. The highest BCUT2D eigenvalue weighted by atomic mass is 32.2. The molecule has 19 heavy (non-hydrogen) atoms. The van der Waals surface area contributed by atoms with Gasteiger partial charge >= 0.3 is 0 Å². The Bertz CT molecular complexity index is 401. The van der Waals surface area contributed by atoms with Gasteiger partial charge in [0.2, 0.25) is 11.8 Å². The highest BCUT2D eigenvalue weighted by Gasteiger charge is 2.13. The van der Waals surface area contributed by atoms with Gasteiger partial charge in [-0.05, 0) is 31.4 Å². The summed E-state index contributed by atoms with van der Waals surface area (Å²) >= 11 is 1.68. The SMILES string of the molecule is CCOc1ncccc1CNC(=O)C(N)CCSC. The zero-order chi connectivity index (χ0) is 14.1. The lowest BCUT2D eigenvalue weighted by molar-refractivity contribution is -0.122. The summed E-state index contributed by atoms with van der Waals surface area (Å²) in [6.07, 6.45) is 4.34. The molecule has 6 heteroatoms. The number of thioether (sulfide) groups is 1. The Morgan fingerprint density at radius 2 is 2.42 bits per heavy atom. The van der Waals surface area contributed by atoms with Gasteiger partial charge in [-0.2, -0.15) is 11.8 Å². The summed E-state index contributed by atoms with van der Waals surface area (Å²) < 4.78 is 5.40. The summed E-state index contributed by atoms with van der Waals surface area (Å²) in [5, 5.41) is 2.81. The summed E-state index contributed by atoms with van der Waals surface area (Å²) in [5.41, 5.74) is 6.65. The second kappa shape index (κ2) is 8.77. The van der Waals surface area contributed by atoms with E-state index in [2.05, 4.69) is 10.3 Å². The monoisotopic (exact) mass is 283 g/mol. The molecule has 0 aliphatic rings. The van der Waals surface area contributed by atoms with Gasteiger partial charge in [-0.1, -0.05) is 6.07 Å². The number of nitrogens with two attached hydrogens (primary N) is 1. The van der Waals surface area contributed by atoms with Crippen molar-refractivity contribution < 1.29 is 9.53 Å². The fourth-order valence-corrected chi connectivity index (χ4v) is 2.00. The first-order chi connectivity index (χ1) is 9.19. The van der Waals surface area contributed by atoms with Gasteiger partial charge in [-0.15, -0.1) is 0 Å². The lowest BCUT2D eigenvalue weighted by atomic mass is 10.2. The molecule has 1 rings (SSSR count). The molecule has 0 saturated carbocycles. The van der Waals surface area contributed by atoms with Crippen LogP contribution in [0.15, 0.2) is 18.3 Å². The van der Waals surface area contributed by atoms with Gasteiger partial charge in [0.25, 0.3) is 0 Å². The zero-order valence-electron chi connectivity index (χ0n) is 11.4. The summed E-state index contributed by atoms with van der Waals surface area (Å²) in [6, 6.07) is 3.24. The molecule has 0 radical (unpaired) electrons. The van der Waals surface area contributed by atoms with Gasteiger partial charge in [0.15, 0.2) is 0 Å². The van der Waals surface area contributed by atoms with Crippen LogP contribution in [0.2, 0.25) is 0 Å². The van der Waals surface area contributed by atoms with Crippen molar-refractivity contribution in [1.29, 1.82) is 0 Å². The molecule has 0 aliphatic heterocycles. The van der Waals surface area contributed by atoms with Crippen LogP contribution in [0.5, 0.6) is 5.88 Å². The van der Waals surface area contributed by atoms with Crippen molar-refractivity contribution >= 4 is 17.7 Å². The first-order valence-electron chi connectivity index (χ1n) is 6.28. The molecule has 106 valence electrons. The minimum atomic E-state index is -0.459. The molecule has 0 saturated heterocycles. The van der Waals surface area contributed by atoms with Crippen molar-refractivity contribution in [3.63, 3.8) is 0 Å². The van der Waals surface area contributed by atoms with E-state index in [0.717, 1.165) is 11.3 Å². The summed E-state index contributed by atoms with van der Waals surface area (Å²) in [5.74, 6) is 1.30.